The molecule has 5 atom stereocenters. The number of nitrogens with one attached hydrogen (secondary N) is 2. The van der Waals surface area contributed by atoms with E-state index in [2.05, 4.69) is 5.32 Å². The largest absolute Gasteiger partial charge is 0.471 e. The topological polar surface area (TPSA) is 137 Å². The number of carbonyl (C=O) groups is 2. The third-order valence-corrected chi connectivity index (χ3v) is 5.07. The van der Waals surface area contributed by atoms with E-state index in [1.54, 1.807) is 29.6 Å². The second-order valence-electron chi connectivity index (χ2n) is 7.58. The zero-order chi connectivity index (χ0) is 25.0. The lowest BCUT2D eigenvalue weighted by molar-refractivity contribution is -0.244. The summed E-state index contributed by atoms with van der Waals surface area (Å²) in [6, 6.07) is 10.8. The normalized spacial score (nSPS) is 24.9. The molecule has 2 aromatic rings. The maximum absolute atomic E-state index is 12.6. The van der Waals surface area contributed by atoms with Gasteiger partial charge in [0.05, 0.1) is 6.61 Å². The number of alkyl halides is 3. The molecule has 34 heavy (non-hydrogen) atoms. The molecule has 0 bridgehead atoms. The Morgan fingerprint density at radius 2 is 1.79 bits per heavy atom. The van der Waals surface area contributed by atoms with Gasteiger partial charge >= 0.3 is 12.1 Å². The monoisotopic (exact) mass is 484 g/mol. The van der Waals surface area contributed by atoms with Crippen LogP contribution < -0.4 is 15.4 Å². The molecule has 1 heterocycles. The number of amides is 2. The third kappa shape index (κ3) is 5.83. The van der Waals surface area contributed by atoms with Crippen LogP contribution in [0.1, 0.15) is 6.92 Å². The van der Waals surface area contributed by atoms with E-state index in [4.69, 9.17) is 9.47 Å². The molecule has 0 aliphatic carbocycles. The highest BCUT2D eigenvalue weighted by atomic mass is 19.4. The summed E-state index contributed by atoms with van der Waals surface area (Å²) in [7, 11) is 0. The molecule has 2 aromatic carbocycles. The van der Waals surface area contributed by atoms with Crippen LogP contribution in [0.2, 0.25) is 0 Å². The molecule has 0 radical (unpaired) electrons. The minimum atomic E-state index is -5.05. The summed E-state index contributed by atoms with van der Waals surface area (Å²) >= 11 is 0. The molecule has 0 spiro atoms. The molecule has 184 valence electrons. The number of aliphatic hydroxyl groups excluding tert-OH is 3. The van der Waals surface area contributed by atoms with Gasteiger partial charge in [-0.3, -0.25) is 9.59 Å². The second kappa shape index (κ2) is 10.4. The molecule has 9 nitrogen and oxygen atoms in total. The van der Waals surface area contributed by atoms with E-state index in [9.17, 15) is 38.1 Å². The number of ether oxygens (including phenoxy) is 2. The predicted octanol–water partition coefficient (Wildman–Crippen LogP) is 1.18. The molecule has 5 N–H and O–H groups in total. The first kappa shape index (κ1) is 25.4. The van der Waals surface area contributed by atoms with Gasteiger partial charge in [-0.1, -0.05) is 30.3 Å². The van der Waals surface area contributed by atoms with Crippen LogP contribution in [-0.2, 0) is 14.3 Å². The van der Waals surface area contributed by atoms with Gasteiger partial charge in [-0.15, -0.1) is 0 Å². The van der Waals surface area contributed by atoms with E-state index < -0.39 is 55.2 Å². The van der Waals surface area contributed by atoms with E-state index in [1.807, 2.05) is 0 Å². The molecule has 1 aliphatic rings. The van der Waals surface area contributed by atoms with Crippen LogP contribution >= 0.6 is 0 Å². The molecule has 1 aliphatic heterocycles. The Labute approximate surface area is 192 Å². The summed E-state index contributed by atoms with van der Waals surface area (Å²) in [5, 5.41) is 34.3. The average Bonchev–Trinajstić information content (AvgIpc) is 2.78. The molecule has 0 saturated carbocycles. The number of rotatable bonds is 6. The standard InChI is InChI=1S/C22H23F3N2O7/c1-11(29)26-17-19(31)18(30)16(10-28)34-20(17)33-15-8-3-2-7-14(15)12-5-4-6-13(9-12)27-21(32)22(23,24)25/h2-9,16-20,28,30-31H,10H2,1H3,(H,26,29)(H,27,32)/t16?,17-,18-,19+,20+/m0/s1. The Morgan fingerprint density at radius 3 is 2.44 bits per heavy atom. The minimum Gasteiger partial charge on any atom is -0.462 e. The lowest BCUT2D eigenvalue weighted by Crippen LogP contribution is -2.65. The smallest absolute Gasteiger partial charge is 0.462 e. The van der Waals surface area contributed by atoms with Crippen LogP contribution in [0.15, 0.2) is 48.5 Å². The van der Waals surface area contributed by atoms with E-state index in [0.29, 0.717) is 11.1 Å². The number of hydrogen-bond acceptors (Lipinski definition) is 7. The quantitative estimate of drug-likeness (QED) is 0.415. The van der Waals surface area contributed by atoms with Gasteiger partial charge in [-0.2, -0.15) is 13.2 Å². The highest BCUT2D eigenvalue weighted by Gasteiger charge is 2.46. The van der Waals surface area contributed by atoms with Crippen molar-refractivity contribution in [2.45, 2.75) is 43.7 Å². The summed E-state index contributed by atoms with van der Waals surface area (Å²) < 4.78 is 49.2. The highest BCUT2D eigenvalue weighted by Crippen LogP contribution is 2.34. The van der Waals surface area contributed by atoms with Crippen LogP contribution in [0, 0.1) is 0 Å². The molecular formula is C22H23F3N2O7. The van der Waals surface area contributed by atoms with Gasteiger partial charge in [-0.05, 0) is 23.8 Å². The average molecular weight is 484 g/mol. The van der Waals surface area contributed by atoms with Crippen molar-refractivity contribution in [2.24, 2.45) is 0 Å². The van der Waals surface area contributed by atoms with Crippen LogP contribution in [0.5, 0.6) is 5.75 Å². The number of anilines is 1. The Morgan fingerprint density at radius 1 is 1.09 bits per heavy atom. The van der Waals surface area contributed by atoms with E-state index in [-0.39, 0.29) is 11.4 Å². The third-order valence-electron chi connectivity index (χ3n) is 5.07. The number of halogens is 3. The van der Waals surface area contributed by atoms with Crippen molar-refractivity contribution in [3.05, 3.63) is 48.5 Å². The Balaban J connectivity index is 1.91. The van der Waals surface area contributed by atoms with E-state index in [1.165, 1.54) is 31.2 Å². The molecule has 12 heteroatoms. The lowest BCUT2D eigenvalue weighted by Gasteiger charge is -2.42. The fourth-order valence-corrected chi connectivity index (χ4v) is 3.47. The maximum atomic E-state index is 12.6. The van der Waals surface area contributed by atoms with Crippen molar-refractivity contribution in [3.8, 4) is 16.9 Å². The highest BCUT2D eigenvalue weighted by molar-refractivity contribution is 5.95. The van der Waals surface area contributed by atoms with E-state index >= 15 is 0 Å². The van der Waals surface area contributed by atoms with Crippen molar-refractivity contribution < 1.29 is 47.6 Å². The van der Waals surface area contributed by atoms with Crippen LogP contribution in [0.4, 0.5) is 18.9 Å². The molecule has 1 saturated heterocycles. The van der Waals surface area contributed by atoms with Crippen molar-refractivity contribution in [1.29, 1.82) is 0 Å². The van der Waals surface area contributed by atoms with Crippen LogP contribution in [0.25, 0.3) is 11.1 Å². The molecule has 1 unspecified atom stereocenters. The number of hydrogen-bond donors (Lipinski definition) is 5. The molecule has 0 aromatic heterocycles. The minimum absolute atomic E-state index is 0.0986. The SMILES string of the molecule is CC(=O)N[C@@H]1[C@H](Oc2ccccc2-c2cccc(NC(=O)C(F)(F)F)c2)OC(CO)[C@H](O)[C@@H]1O. The van der Waals surface area contributed by atoms with Crippen LogP contribution in [-0.4, -0.2) is 70.6 Å². The van der Waals surface area contributed by atoms with Gasteiger partial charge in [0, 0.05) is 18.2 Å². The van der Waals surface area contributed by atoms with Crippen molar-refractivity contribution >= 4 is 17.5 Å². The Kier molecular flexibility index (Phi) is 7.77. The van der Waals surface area contributed by atoms with Gasteiger partial charge in [0.2, 0.25) is 12.2 Å². The lowest BCUT2D eigenvalue weighted by atomic mass is 9.96. The van der Waals surface area contributed by atoms with Gasteiger partial charge in [-0.25, -0.2) is 0 Å². The number of para-hydroxylation sites is 1. The number of benzene rings is 2. The first-order valence-corrected chi connectivity index (χ1v) is 10.1. The number of aliphatic hydroxyl groups is 3. The predicted molar refractivity (Wildman–Crippen MR) is 113 cm³/mol. The summed E-state index contributed by atoms with van der Waals surface area (Å²) in [6.07, 6.45) is -10.6. The van der Waals surface area contributed by atoms with Crippen molar-refractivity contribution in [1.82, 2.24) is 5.32 Å². The van der Waals surface area contributed by atoms with Crippen LogP contribution in [0.3, 0.4) is 0 Å². The van der Waals surface area contributed by atoms with Gasteiger partial charge in [0.25, 0.3) is 0 Å². The number of carbonyl (C=O) groups excluding carboxylic acids is 2. The maximum Gasteiger partial charge on any atom is 0.471 e. The van der Waals surface area contributed by atoms with Crippen molar-refractivity contribution in [2.75, 3.05) is 11.9 Å². The van der Waals surface area contributed by atoms with E-state index in [0.717, 1.165) is 0 Å². The summed E-state index contributed by atoms with van der Waals surface area (Å²) in [5.41, 5.74) is 0.692. The Bertz CT molecular complexity index is 1030. The zero-order valence-electron chi connectivity index (χ0n) is 17.8. The molecule has 3 rings (SSSR count). The molecular weight excluding hydrogens is 461 g/mol. The fraction of sp³-hybridized carbons (Fsp3) is 0.364. The first-order chi connectivity index (χ1) is 16.0. The van der Waals surface area contributed by atoms with Gasteiger partial charge in [0.15, 0.2) is 0 Å². The van der Waals surface area contributed by atoms with Gasteiger partial charge in [0.1, 0.15) is 30.1 Å². The zero-order valence-corrected chi connectivity index (χ0v) is 17.8. The van der Waals surface area contributed by atoms with Crippen molar-refractivity contribution in [3.63, 3.8) is 0 Å². The molecule has 1 fully saturated rings. The summed E-state index contributed by atoms with van der Waals surface area (Å²) in [6.45, 7) is 0.566. The molecule has 2 amide bonds. The second-order valence-corrected chi connectivity index (χ2v) is 7.58. The summed E-state index contributed by atoms with van der Waals surface area (Å²) in [4.78, 5) is 22.9. The summed E-state index contributed by atoms with van der Waals surface area (Å²) in [5.74, 6) is -2.48. The fourth-order valence-electron chi connectivity index (χ4n) is 3.47. The Hall–Kier alpha value is -3.19. The first-order valence-electron chi connectivity index (χ1n) is 10.1. The van der Waals surface area contributed by atoms with Gasteiger partial charge < -0.3 is 35.4 Å².